The number of nitrogen functional groups attached to an aromatic ring is 1. The molecule has 0 aromatic carbocycles. The highest BCUT2D eigenvalue weighted by Gasteiger charge is 2.15. The Balaban J connectivity index is 2.59. The SMILES string of the molecule is COC(=O)CCN(C)C(=O)Cn1nc(C)c(N)c1C. The standard InChI is InChI=1S/C12H20N4O3/c1-8-12(13)9(2)16(14-8)7-10(17)15(3)6-5-11(18)19-4/h5-7,13H2,1-4H3. The smallest absolute Gasteiger partial charge is 0.307 e. The lowest BCUT2D eigenvalue weighted by Gasteiger charge is -2.16. The van der Waals surface area contributed by atoms with E-state index < -0.39 is 0 Å². The fourth-order valence-corrected chi connectivity index (χ4v) is 1.60. The minimum atomic E-state index is -0.338. The third kappa shape index (κ3) is 3.70. The van der Waals surface area contributed by atoms with Gasteiger partial charge in [0.25, 0.3) is 0 Å². The number of aromatic nitrogens is 2. The summed E-state index contributed by atoms with van der Waals surface area (Å²) < 4.78 is 6.10. The van der Waals surface area contributed by atoms with Gasteiger partial charge < -0.3 is 15.4 Å². The van der Waals surface area contributed by atoms with Crippen LogP contribution in [0.25, 0.3) is 0 Å². The van der Waals surface area contributed by atoms with Crippen LogP contribution in [0.4, 0.5) is 5.69 Å². The molecule has 0 unspecified atom stereocenters. The van der Waals surface area contributed by atoms with Crippen molar-refractivity contribution in [1.82, 2.24) is 14.7 Å². The summed E-state index contributed by atoms with van der Waals surface area (Å²) in [5.41, 5.74) is 7.88. The van der Waals surface area contributed by atoms with Gasteiger partial charge in [-0.25, -0.2) is 0 Å². The number of amides is 1. The van der Waals surface area contributed by atoms with Gasteiger partial charge in [-0.15, -0.1) is 0 Å². The van der Waals surface area contributed by atoms with Crippen molar-refractivity contribution in [1.29, 1.82) is 0 Å². The number of esters is 1. The van der Waals surface area contributed by atoms with Gasteiger partial charge in [-0.05, 0) is 13.8 Å². The number of hydrogen-bond acceptors (Lipinski definition) is 5. The summed E-state index contributed by atoms with van der Waals surface area (Å²) in [6.45, 7) is 4.04. The summed E-state index contributed by atoms with van der Waals surface area (Å²) in [6.07, 6.45) is 0.179. The highest BCUT2D eigenvalue weighted by atomic mass is 16.5. The molecule has 0 aliphatic rings. The van der Waals surface area contributed by atoms with Crippen LogP contribution >= 0.6 is 0 Å². The molecule has 2 N–H and O–H groups in total. The average Bonchev–Trinajstić information content (AvgIpc) is 2.63. The molecule has 106 valence electrons. The number of anilines is 1. The van der Waals surface area contributed by atoms with Gasteiger partial charge in [0.1, 0.15) is 6.54 Å². The van der Waals surface area contributed by atoms with Gasteiger partial charge in [0, 0.05) is 13.6 Å². The molecule has 1 heterocycles. The molecule has 0 radical (unpaired) electrons. The lowest BCUT2D eigenvalue weighted by atomic mass is 10.3. The topological polar surface area (TPSA) is 90.5 Å². The van der Waals surface area contributed by atoms with Crippen molar-refractivity contribution in [3.05, 3.63) is 11.4 Å². The van der Waals surface area contributed by atoms with Gasteiger partial charge in [-0.2, -0.15) is 5.10 Å². The first-order valence-corrected chi connectivity index (χ1v) is 5.97. The van der Waals surface area contributed by atoms with Gasteiger partial charge in [-0.3, -0.25) is 14.3 Å². The minimum absolute atomic E-state index is 0.113. The third-order valence-electron chi connectivity index (χ3n) is 3.03. The van der Waals surface area contributed by atoms with E-state index in [9.17, 15) is 9.59 Å². The fourth-order valence-electron chi connectivity index (χ4n) is 1.60. The summed E-state index contributed by atoms with van der Waals surface area (Å²) in [4.78, 5) is 24.4. The van der Waals surface area contributed by atoms with Crippen LogP contribution in [-0.2, 0) is 20.9 Å². The van der Waals surface area contributed by atoms with Crippen LogP contribution in [-0.4, -0.2) is 47.3 Å². The molecule has 19 heavy (non-hydrogen) atoms. The maximum Gasteiger partial charge on any atom is 0.307 e. The van der Waals surface area contributed by atoms with E-state index in [-0.39, 0.29) is 24.8 Å². The molecular formula is C12H20N4O3. The number of aryl methyl sites for hydroxylation is 1. The second-order valence-corrected chi connectivity index (χ2v) is 4.38. The molecule has 0 spiro atoms. The van der Waals surface area contributed by atoms with E-state index in [1.165, 1.54) is 12.0 Å². The molecule has 7 heteroatoms. The van der Waals surface area contributed by atoms with E-state index in [0.29, 0.717) is 17.9 Å². The summed E-state index contributed by atoms with van der Waals surface area (Å²) in [7, 11) is 2.96. The van der Waals surface area contributed by atoms with E-state index >= 15 is 0 Å². The molecular weight excluding hydrogens is 248 g/mol. The molecule has 0 aliphatic heterocycles. The van der Waals surface area contributed by atoms with Crippen LogP contribution in [0.2, 0.25) is 0 Å². The summed E-state index contributed by atoms with van der Waals surface area (Å²) in [6, 6.07) is 0. The molecule has 0 fully saturated rings. The number of nitrogens with zero attached hydrogens (tertiary/aromatic N) is 3. The van der Waals surface area contributed by atoms with Gasteiger partial charge in [0.15, 0.2) is 0 Å². The minimum Gasteiger partial charge on any atom is -0.469 e. The Hall–Kier alpha value is -2.05. The van der Waals surface area contributed by atoms with Crippen molar-refractivity contribution >= 4 is 17.6 Å². The predicted octanol–water partition coefficient (Wildman–Crippen LogP) is 0.104. The van der Waals surface area contributed by atoms with Crippen LogP contribution in [0, 0.1) is 13.8 Å². The molecule has 0 atom stereocenters. The van der Waals surface area contributed by atoms with Crippen LogP contribution < -0.4 is 5.73 Å². The van der Waals surface area contributed by atoms with Crippen molar-refractivity contribution < 1.29 is 14.3 Å². The molecule has 1 rings (SSSR count). The Morgan fingerprint density at radius 3 is 2.53 bits per heavy atom. The number of carbonyl (C=O) groups is 2. The number of carbonyl (C=O) groups excluding carboxylic acids is 2. The number of likely N-dealkylation sites (N-methyl/N-ethyl adjacent to an activating group) is 1. The first-order chi connectivity index (χ1) is 8.86. The lowest BCUT2D eigenvalue weighted by molar-refractivity contribution is -0.141. The molecule has 1 aromatic heterocycles. The quantitative estimate of drug-likeness (QED) is 0.765. The van der Waals surface area contributed by atoms with Crippen LogP contribution in [0.1, 0.15) is 17.8 Å². The molecule has 0 bridgehead atoms. The Morgan fingerprint density at radius 1 is 1.42 bits per heavy atom. The van der Waals surface area contributed by atoms with Gasteiger partial charge in [0.2, 0.25) is 5.91 Å². The zero-order valence-corrected chi connectivity index (χ0v) is 11.8. The maximum atomic E-state index is 12.0. The Kier molecular flexibility index (Phi) is 4.91. The van der Waals surface area contributed by atoms with E-state index in [1.54, 1.807) is 18.7 Å². The highest BCUT2D eigenvalue weighted by Crippen LogP contribution is 2.14. The third-order valence-corrected chi connectivity index (χ3v) is 3.03. The summed E-state index contributed by atoms with van der Waals surface area (Å²) in [5.74, 6) is -0.468. The second kappa shape index (κ2) is 6.21. The Bertz CT molecular complexity index is 482. The normalized spacial score (nSPS) is 10.3. The van der Waals surface area contributed by atoms with Crippen LogP contribution in [0.3, 0.4) is 0 Å². The molecule has 1 amide bonds. The largest absolute Gasteiger partial charge is 0.469 e. The van der Waals surface area contributed by atoms with Crippen molar-refractivity contribution in [2.45, 2.75) is 26.8 Å². The number of ether oxygens (including phenoxy) is 1. The number of hydrogen-bond donors (Lipinski definition) is 1. The van der Waals surface area contributed by atoms with E-state index in [0.717, 1.165) is 5.69 Å². The number of methoxy groups -OCH3 is 1. The van der Waals surface area contributed by atoms with Gasteiger partial charge >= 0.3 is 5.97 Å². The average molecular weight is 268 g/mol. The summed E-state index contributed by atoms with van der Waals surface area (Å²) >= 11 is 0. The Morgan fingerprint density at radius 2 is 2.05 bits per heavy atom. The number of nitrogens with two attached hydrogens (primary N) is 1. The van der Waals surface area contributed by atoms with Crippen molar-refractivity contribution in [2.75, 3.05) is 26.4 Å². The molecule has 7 nitrogen and oxygen atoms in total. The first-order valence-electron chi connectivity index (χ1n) is 5.97. The highest BCUT2D eigenvalue weighted by molar-refractivity contribution is 5.77. The van der Waals surface area contributed by atoms with Crippen LogP contribution in [0.15, 0.2) is 0 Å². The van der Waals surface area contributed by atoms with E-state index in [2.05, 4.69) is 9.84 Å². The Labute approximate surface area is 112 Å². The first kappa shape index (κ1) is 15.0. The molecule has 0 aliphatic carbocycles. The second-order valence-electron chi connectivity index (χ2n) is 4.38. The maximum absolute atomic E-state index is 12.0. The monoisotopic (exact) mass is 268 g/mol. The summed E-state index contributed by atoms with van der Waals surface area (Å²) in [5, 5.41) is 4.20. The van der Waals surface area contributed by atoms with Crippen molar-refractivity contribution in [3.63, 3.8) is 0 Å². The van der Waals surface area contributed by atoms with Crippen molar-refractivity contribution in [2.24, 2.45) is 0 Å². The molecule has 0 saturated heterocycles. The lowest BCUT2D eigenvalue weighted by Crippen LogP contribution is -2.32. The van der Waals surface area contributed by atoms with Gasteiger partial charge in [-0.1, -0.05) is 0 Å². The van der Waals surface area contributed by atoms with Crippen LogP contribution in [0.5, 0.6) is 0 Å². The van der Waals surface area contributed by atoms with E-state index in [4.69, 9.17) is 5.73 Å². The van der Waals surface area contributed by atoms with Gasteiger partial charge in [0.05, 0.1) is 30.6 Å². The zero-order chi connectivity index (χ0) is 14.6. The van der Waals surface area contributed by atoms with E-state index in [1.807, 2.05) is 6.92 Å². The number of rotatable bonds is 5. The predicted molar refractivity (Wildman–Crippen MR) is 70.4 cm³/mol. The molecule has 0 saturated carbocycles. The fraction of sp³-hybridized carbons (Fsp3) is 0.583. The zero-order valence-electron chi connectivity index (χ0n) is 11.8. The van der Waals surface area contributed by atoms with Crippen molar-refractivity contribution in [3.8, 4) is 0 Å². The molecule has 1 aromatic rings.